The van der Waals surface area contributed by atoms with Crippen LogP contribution in [-0.2, 0) is 0 Å². The number of carbonyl (C=O) groups is 1. The number of carbonyl (C=O) groups excluding carboxylic acids is 1. The van der Waals surface area contributed by atoms with Gasteiger partial charge >= 0.3 is 0 Å². The van der Waals surface area contributed by atoms with Gasteiger partial charge in [0.05, 0.1) is 0 Å². The van der Waals surface area contributed by atoms with Crippen LogP contribution in [0.2, 0.25) is 0 Å². The van der Waals surface area contributed by atoms with Gasteiger partial charge in [0.2, 0.25) is 0 Å². The molecule has 5 heteroatoms. The molecule has 0 bridgehead atoms. The zero-order valence-electron chi connectivity index (χ0n) is 10.8. The summed E-state index contributed by atoms with van der Waals surface area (Å²) >= 11 is 0.497. The van der Waals surface area contributed by atoms with Crippen LogP contribution in [0.5, 0.6) is 0 Å². The minimum atomic E-state index is -2.43. The number of likely N-dealkylation sites (tertiary alicyclic amines) is 1. The quantitative estimate of drug-likeness (QED) is 0.782. The summed E-state index contributed by atoms with van der Waals surface area (Å²) in [5.41, 5.74) is 0.576. The minimum Gasteiger partial charge on any atom is -0.336 e. The molecule has 1 saturated heterocycles. The van der Waals surface area contributed by atoms with Crippen LogP contribution in [0.25, 0.3) is 0 Å². The molecule has 1 atom stereocenters. The van der Waals surface area contributed by atoms with Crippen molar-refractivity contribution >= 4 is 17.7 Å². The first-order valence-corrected chi connectivity index (χ1v) is 7.32. The van der Waals surface area contributed by atoms with E-state index in [2.05, 4.69) is 6.92 Å². The molecule has 0 radical (unpaired) electrons. The van der Waals surface area contributed by atoms with Crippen molar-refractivity contribution < 1.29 is 13.6 Å². The average molecular weight is 285 g/mol. The molecule has 0 N–H and O–H groups in total. The molecule has 1 aromatic carbocycles. The van der Waals surface area contributed by atoms with Crippen molar-refractivity contribution in [2.24, 2.45) is 0 Å². The Bertz CT molecular complexity index is 436. The lowest BCUT2D eigenvalue weighted by molar-refractivity contribution is 0.0635. The number of rotatable bonds is 3. The van der Waals surface area contributed by atoms with E-state index in [1.807, 2.05) is 4.90 Å². The summed E-state index contributed by atoms with van der Waals surface area (Å²) in [6.45, 7) is 2.84. The van der Waals surface area contributed by atoms with Gasteiger partial charge in [-0.15, -0.1) is 0 Å². The number of hydrogen-bond acceptors (Lipinski definition) is 2. The Morgan fingerprint density at radius 1 is 1.32 bits per heavy atom. The summed E-state index contributed by atoms with van der Waals surface area (Å²) in [6.07, 6.45) is 3.23. The Kier molecular flexibility index (Phi) is 4.80. The fourth-order valence-corrected chi connectivity index (χ4v) is 2.84. The van der Waals surface area contributed by atoms with E-state index in [1.165, 1.54) is 0 Å². The highest BCUT2D eigenvalue weighted by molar-refractivity contribution is 7.99. The van der Waals surface area contributed by atoms with Gasteiger partial charge in [-0.25, -0.2) is 0 Å². The van der Waals surface area contributed by atoms with E-state index < -0.39 is 5.76 Å². The number of piperidine rings is 1. The summed E-state index contributed by atoms with van der Waals surface area (Å²) < 4.78 is 24.4. The third-order valence-electron chi connectivity index (χ3n) is 3.39. The van der Waals surface area contributed by atoms with Gasteiger partial charge in [-0.3, -0.25) is 4.79 Å². The first-order valence-electron chi connectivity index (χ1n) is 6.44. The van der Waals surface area contributed by atoms with Crippen molar-refractivity contribution in [3.63, 3.8) is 0 Å². The van der Waals surface area contributed by atoms with Gasteiger partial charge in [-0.1, -0.05) is 11.8 Å². The molecular formula is C14H17F2NOS. The van der Waals surface area contributed by atoms with Gasteiger partial charge in [-0.2, -0.15) is 8.78 Å². The Labute approximate surface area is 116 Å². The second-order valence-corrected chi connectivity index (χ2v) is 5.81. The van der Waals surface area contributed by atoms with Crippen LogP contribution in [0.4, 0.5) is 8.78 Å². The summed E-state index contributed by atoms with van der Waals surface area (Å²) in [5, 5.41) is 0. The lowest BCUT2D eigenvalue weighted by atomic mass is 10.0. The zero-order chi connectivity index (χ0) is 13.8. The molecule has 1 aliphatic rings. The smallest absolute Gasteiger partial charge is 0.288 e. The Morgan fingerprint density at radius 2 is 2.00 bits per heavy atom. The predicted octanol–water partition coefficient (Wildman–Crippen LogP) is 4.02. The molecule has 1 aliphatic heterocycles. The second kappa shape index (κ2) is 6.37. The van der Waals surface area contributed by atoms with E-state index >= 15 is 0 Å². The largest absolute Gasteiger partial charge is 0.336 e. The highest BCUT2D eigenvalue weighted by Crippen LogP contribution is 2.26. The molecule has 19 heavy (non-hydrogen) atoms. The molecule has 2 nitrogen and oxygen atoms in total. The number of halogens is 2. The highest BCUT2D eigenvalue weighted by Gasteiger charge is 2.24. The third-order valence-corrected chi connectivity index (χ3v) is 4.11. The average Bonchev–Trinajstić information content (AvgIpc) is 2.39. The van der Waals surface area contributed by atoms with E-state index in [9.17, 15) is 13.6 Å². The summed E-state index contributed by atoms with van der Waals surface area (Å²) in [5.74, 6) is -2.43. The number of nitrogens with zero attached hydrogens (tertiary/aromatic N) is 1. The van der Waals surface area contributed by atoms with Crippen LogP contribution in [-0.4, -0.2) is 29.2 Å². The van der Waals surface area contributed by atoms with E-state index in [-0.39, 0.29) is 11.9 Å². The summed E-state index contributed by atoms with van der Waals surface area (Å²) in [4.78, 5) is 14.7. The lowest BCUT2D eigenvalue weighted by Crippen LogP contribution is -2.41. The molecule has 0 saturated carbocycles. The lowest BCUT2D eigenvalue weighted by Gasteiger charge is -2.33. The number of benzene rings is 1. The molecule has 0 spiro atoms. The fraction of sp³-hybridized carbons (Fsp3) is 0.500. The normalized spacial score (nSPS) is 19.8. The second-order valence-electron chi connectivity index (χ2n) is 4.75. The van der Waals surface area contributed by atoms with Gasteiger partial charge in [0.25, 0.3) is 11.7 Å². The van der Waals surface area contributed by atoms with Gasteiger partial charge in [0, 0.05) is 23.0 Å². The van der Waals surface area contributed by atoms with Gasteiger partial charge in [0.15, 0.2) is 0 Å². The zero-order valence-corrected chi connectivity index (χ0v) is 11.6. The van der Waals surface area contributed by atoms with E-state index in [0.29, 0.717) is 22.2 Å². The van der Waals surface area contributed by atoms with E-state index in [1.54, 1.807) is 24.3 Å². The van der Waals surface area contributed by atoms with E-state index in [4.69, 9.17) is 0 Å². The van der Waals surface area contributed by atoms with Gasteiger partial charge in [0.1, 0.15) is 0 Å². The predicted molar refractivity (Wildman–Crippen MR) is 72.7 cm³/mol. The summed E-state index contributed by atoms with van der Waals surface area (Å²) in [6, 6.07) is 6.69. The van der Waals surface area contributed by atoms with Crippen LogP contribution in [0.3, 0.4) is 0 Å². The Morgan fingerprint density at radius 3 is 2.58 bits per heavy atom. The maximum atomic E-state index is 12.3. The molecule has 0 aliphatic carbocycles. The van der Waals surface area contributed by atoms with Crippen LogP contribution in [0.15, 0.2) is 29.2 Å². The molecule has 2 rings (SSSR count). The molecule has 1 aromatic rings. The van der Waals surface area contributed by atoms with E-state index in [0.717, 1.165) is 25.8 Å². The number of amides is 1. The standard InChI is InChI=1S/C14H17F2NOS/c1-10-4-2-3-9-17(10)13(18)11-5-7-12(8-6-11)19-14(15)16/h5-8,10,14H,2-4,9H2,1H3. The molecule has 0 aromatic heterocycles. The van der Waals surface area contributed by atoms with Crippen molar-refractivity contribution in [2.45, 2.75) is 42.9 Å². The van der Waals surface area contributed by atoms with Crippen LogP contribution in [0.1, 0.15) is 36.5 Å². The summed E-state index contributed by atoms with van der Waals surface area (Å²) in [7, 11) is 0. The maximum Gasteiger partial charge on any atom is 0.288 e. The van der Waals surface area contributed by atoms with Crippen molar-refractivity contribution in [1.82, 2.24) is 4.90 Å². The van der Waals surface area contributed by atoms with Crippen LogP contribution < -0.4 is 0 Å². The van der Waals surface area contributed by atoms with Crippen LogP contribution in [0, 0.1) is 0 Å². The minimum absolute atomic E-state index is 0.000738. The SMILES string of the molecule is CC1CCCCN1C(=O)c1ccc(SC(F)F)cc1. The number of thioether (sulfide) groups is 1. The highest BCUT2D eigenvalue weighted by atomic mass is 32.2. The monoisotopic (exact) mass is 285 g/mol. The topological polar surface area (TPSA) is 20.3 Å². The fourth-order valence-electron chi connectivity index (χ4n) is 2.34. The molecule has 104 valence electrons. The van der Waals surface area contributed by atoms with Crippen molar-refractivity contribution in [3.05, 3.63) is 29.8 Å². The van der Waals surface area contributed by atoms with Gasteiger partial charge < -0.3 is 4.90 Å². The molecule has 1 unspecified atom stereocenters. The first-order chi connectivity index (χ1) is 9.08. The van der Waals surface area contributed by atoms with Crippen molar-refractivity contribution in [2.75, 3.05) is 6.54 Å². The Hall–Kier alpha value is -1.10. The number of hydrogen-bond donors (Lipinski definition) is 0. The molecule has 1 fully saturated rings. The third kappa shape index (κ3) is 3.69. The number of alkyl halides is 2. The molecule has 1 amide bonds. The van der Waals surface area contributed by atoms with Crippen molar-refractivity contribution in [3.8, 4) is 0 Å². The van der Waals surface area contributed by atoms with Crippen LogP contribution >= 0.6 is 11.8 Å². The first kappa shape index (κ1) is 14.3. The van der Waals surface area contributed by atoms with Gasteiger partial charge in [-0.05, 0) is 50.5 Å². The molecular weight excluding hydrogens is 268 g/mol. The maximum absolute atomic E-state index is 12.3. The van der Waals surface area contributed by atoms with Crippen molar-refractivity contribution in [1.29, 1.82) is 0 Å². The molecule has 1 heterocycles. The Balaban J connectivity index is 2.06.